The molecule has 0 aromatic heterocycles. The Morgan fingerprint density at radius 2 is 2.05 bits per heavy atom. The molecule has 1 aromatic carbocycles. The molecular formula is C16H21ClN2O2S. The SMILES string of the molecule is CNCC1CCN(C(=O)CSCC(=O)c2ccc(Cl)cc2)C1. The monoisotopic (exact) mass is 340 g/mol. The van der Waals surface area contributed by atoms with Gasteiger partial charge in [0.25, 0.3) is 0 Å². The van der Waals surface area contributed by atoms with Crippen molar-refractivity contribution < 1.29 is 9.59 Å². The van der Waals surface area contributed by atoms with Crippen molar-refractivity contribution in [3.05, 3.63) is 34.9 Å². The average Bonchev–Trinajstić information content (AvgIpc) is 2.97. The van der Waals surface area contributed by atoms with Gasteiger partial charge >= 0.3 is 0 Å². The first-order valence-electron chi connectivity index (χ1n) is 7.39. The van der Waals surface area contributed by atoms with Crippen LogP contribution in [-0.4, -0.2) is 54.8 Å². The lowest BCUT2D eigenvalue weighted by Gasteiger charge is -2.16. The van der Waals surface area contributed by atoms with E-state index in [9.17, 15) is 9.59 Å². The van der Waals surface area contributed by atoms with E-state index in [0.717, 1.165) is 26.1 Å². The number of nitrogens with one attached hydrogen (secondary N) is 1. The maximum atomic E-state index is 12.1. The van der Waals surface area contributed by atoms with Crippen LogP contribution in [0.15, 0.2) is 24.3 Å². The second kappa shape index (κ2) is 8.56. The molecule has 0 aliphatic carbocycles. The normalized spacial score (nSPS) is 17.7. The Labute approximate surface area is 140 Å². The summed E-state index contributed by atoms with van der Waals surface area (Å²) in [5, 5.41) is 3.77. The highest BCUT2D eigenvalue weighted by Gasteiger charge is 2.25. The van der Waals surface area contributed by atoms with Crippen molar-refractivity contribution in [1.29, 1.82) is 0 Å². The summed E-state index contributed by atoms with van der Waals surface area (Å²) < 4.78 is 0. The van der Waals surface area contributed by atoms with Gasteiger partial charge in [0.05, 0.1) is 11.5 Å². The number of nitrogens with zero attached hydrogens (tertiary/aromatic N) is 1. The number of Topliss-reactive ketones (excluding diaryl/α,β-unsaturated/α-hetero) is 1. The molecule has 1 fully saturated rings. The molecule has 1 amide bonds. The van der Waals surface area contributed by atoms with Crippen LogP contribution in [0.25, 0.3) is 0 Å². The Bertz CT molecular complexity index is 521. The summed E-state index contributed by atoms with van der Waals surface area (Å²) in [5.74, 6) is 1.40. The van der Waals surface area contributed by atoms with Gasteiger partial charge in [0.15, 0.2) is 5.78 Å². The van der Waals surface area contributed by atoms with Crippen molar-refractivity contribution in [3.63, 3.8) is 0 Å². The maximum Gasteiger partial charge on any atom is 0.232 e. The fraction of sp³-hybridized carbons (Fsp3) is 0.500. The zero-order chi connectivity index (χ0) is 15.9. The molecule has 1 N–H and O–H groups in total. The molecule has 1 unspecified atom stereocenters. The summed E-state index contributed by atoms with van der Waals surface area (Å²) >= 11 is 7.18. The molecule has 22 heavy (non-hydrogen) atoms. The number of carbonyl (C=O) groups excluding carboxylic acids is 2. The number of hydrogen-bond donors (Lipinski definition) is 1. The molecule has 4 nitrogen and oxygen atoms in total. The van der Waals surface area contributed by atoms with E-state index in [-0.39, 0.29) is 11.7 Å². The van der Waals surface area contributed by atoms with E-state index < -0.39 is 0 Å². The van der Waals surface area contributed by atoms with Gasteiger partial charge in [-0.15, -0.1) is 11.8 Å². The van der Waals surface area contributed by atoms with Crippen molar-refractivity contribution in [1.82, 2.24) is 10.2 Å². The van der Waals surface area contributed by atoms with E-state index in [4.69, 9.17) is 11.6 Å². The first kappa shape index (κ1) is 17.3. The molecule has 1 aliphatic heterocycles. The predicted molar refractivity (Wildman–Crippen MR) is 91.7 cm³/mol. The van der Waals surface area contributed by atoms with Crippen LogP contribution in [0, 0.1) is 5.92 Å². The van der Waals surface area contributed by atoms with Gasteiger partial charge in [-0.1, -0.05) is 11.6 Å². The Morgan fingerprint density at radius 3 is 2.73 bits per heavy atom. The number of likely N-dealkylation sites (tertiary alicyclic amines) is 1. The first-order chi connectivity index (χ1) is 10.6. The van der Waals surface area contributed by atoms with Crippen molar-refractivity contribution in [2.24, 2.45) is 5.92 Å². The zero-order valence-electron chi connectivity index (χ0n) is 12.7. The largest absolute Gasteiger partial charge is 0.342 e. The molecule has 0 spiro atoms. The number of amides is 1. The number of ketones is 1. The van der Waals surface area contributed by atoms with E-state index in [1.807, 2.05) is 11.9 Å². The lowest BCUT2D eigenvalue weighted by molar-refractivity contribution is -0.127. The molecule has 1 aromatic rings. The quantitative estimate of drug-likeness (QED) is 0.774. The van der Waals surface area contributed by atoms with Crippen LogP contribution in [0.4, 0.5) is 0 Å². The highest BCUT2D eigenvalue weighted by atomic mass is 35.5. The molecule has 2 rings (SSSR count). The molecule has 1 heterocycles. The molecule has 120 valence electrons. The minimum Gasteiger partial charge on any atom is -0.342 e. The average molecular weight is 341 g/mol. The lowest BCUT2D eigenvalue weighted by atomic mass is 10.1. The van der Waals surface area contributed by atoms with E-state index in [2.05, 4.69) is 5.32 Å². The summed E-state index contributed by atoms with van der Waals surface area (Å²) in [6.07, 6.45) is 1.06. The lowest BCUT2D eigenvalue weighted by Crippen LogP contribution is -2.31. The van der Waals surface area contributed by atoms with E-state index in [1.165, 1.54) is 11.8 Å². The maximum absolute atomic E-state index is 12.1. The fourth-order valence-corrected chi connectivity index (χ4v) is 3.49. The first-order valence-corrected chi connectivity index (χ1v) is 8.92. The van der Waals surface area contributed by atoms with Gasteiger partial charge in [0.2, 0.25) is 5.91 Å². The zero-order valence-corrected chi connectivity index (χ0v) is 14.3. The van der Waals surface area contributed by atoms with Crippen molar-refractivity contribution in [3.8, 4) is 0 Å². The molecule has 1 atom stereocenters. The van der Waals surface area contributed by atoms with Gasteiger partial charge in [-0.25, -0.2) is 0 Å². The second-order valence-corrected chi connectivity index (χ2v) is 6.90. The Balaban J connectivity index is 1.71. The molecule has 6 heteroatoms. The third-order valence-electron chi connectivity index (χ3n) is 3.76. The molecule has 0 radical (unpaired) electrons. The smallest absolute Gasteiger partial charge is 0.232 e. The fourth-order valence-electron chi connectivity index (χ4n) is 2.56. The summed E-state index contributed by atoms with van der Waals surface area (Å²) in [4.78, 5) is 26.0. The second-order valence-electron chi connectivity index (χ2n) is 5.48. The van der Waals surface area contributed by atoms with Crippen LogP contribution in [-0.2, 0) is 4.79 Å². The number of rotatable bonds is 7. The van der Waals surface area contributed by atoms with Crippen LogP contribution in [0.5, 0.6) is 0 Å². The predicted octanol–water partition coefficient (Wildman–Crippen LogP) is 2.32. The summed E-state index contributed by atoms with van der Waals surface area (Å²) in [6, 6.07) is 6.85. The van der Waals surface area contributed by atoms with Crippen molar-refractivity contribution >= 4 is 35.1 Å². The molecule has 0 bridgehead atoms. The van der Waals surface area contributed by atoms with E-state index in [1.54, 1.807) is 24.3 Å². The number of thioether (sulfide) groups is 1. The van der Waals surface area contributed by atoms with Gasteiger partial charge in [-0.3, -0.25) is 9.59 Å². The van der Waals surface area contributed by atoms with Gasteiger partial charge in [-0.05, 0) is 50.2 Å². The van der Waals surface area contributed by atoms with Crippen molar-refractivity contribution in [2.75, 3.05) is 38.2 Å². The minimum atomic E-state index is 0.0314. The summed E-state index contributed by atoms with van der Waals surface area (Å²) in [7, 11) is 1.93. The molecular weight excluding hydrogens is 320 g/mol. The van der Waals surface area contributed by atoms with Crippen LogP contribution in [0.2, 0.25) is 5.02 Å². The van der Waals surface area contributed by atoms with Crippen LogP contribution in [0.1, 0.15) is 16.8 Å². The van der Waals surface area contributed by atoms with Gasteiger partial charge in [0, 0.05) is 23.7 Å². The van der Waals surface area contributed by atoms with Crippen LogP contribution in [0.3, 0.4) is 0 Å². The van der Waals surface area contributed by atoms with E-state index in [0.29, 0.717) is 28.0 Å². The van der Waals surface area contributed by atoms with Crippen molar-refractivity contribution in [2.45, 2.75) is 6.42 Å². The number of hydrogen-bond acceptors (Lipinski definition) is 4. The number of carbonyl (C=O) groups is 2. The molecule has 0 saturated carbocycles. The van der Waals surface area contributed by atoms with Gasteiger partial charge in [0.1, 0.15) is 0 Å². The summed E-state index contributed by atoms with van der Waals surface area (Å²) in [5.41, 5.74) is 0.639. The minimum absolute atomic E-state index is 0.0314. The highest BCUT2D eigenvalue weighted by molar-refractivity contribution is 8.00. The Morgan fingerprint density at radius 1 is 1.32 bits per heavy atom. The third kappa shape index (κ3) is 5.00. The number of benzene rings is 1. The Kier molecular flexibility index (Phi) is 6.73. The Hall–Kier alpha value is -1.04. The molecule has 1 saturated heterocycles. The van der Waals surface area contributed by atoms with Crippen LogP contribution < -0.4 is 5.32 Å². The standard InChI is InChI=1S/C16H21ClN2O2S/c1-18-8-12-6-7-19(9-12)16(21)11-22-10-15(20)13-2-4-14(17)5-3-13/h2-5,12,18H,6-11H2,1H3. The highest BCUT2D eigenvalue weighted by Crippen LogP contribution is 2.17. The summed E-state index contributed by atoms with van der Waals surface area (Å²) in [6.45, 7) is 2.61. The van der Waals surface area contributed by atoms with E-state index >= 15 is 0 Å². The number of halogens is 1. The van der Waals surface area contributed by atoms with Crippen LogP contribution >= 0.6 is 23.4 Å². The third-order valence-corrected chi connectivity index (χ3v) is 4.93. The molecule has 1 aliphatic rings. The topological polar surface area (TPSA) is 49.4 Å². The van der Waals surface area contributed by atoms with Gasteiger partial charge in [-0.2, -0.15) is 0 Å². The van der Waals surface area contributed by atoms with Gasteiger partial charge < -0.3 is 10.2 Å².